The molecule has 0 spiro atoms. The largest absolute Gasteiger partial charge is 0.493 e. The first-order valence-corrected chi connectivity index (χ1v) is 10.5. The van der Waals surface area contributed by atoms with E-state index in [9.17, 15) is 5.11 Å². The fraction of sp³-hybridized carbons (Fsp3) is 0.818. The van der Waals surface area contributed by atoms with Gasteiger partial charge < -0.3 is 14.6 Å². The Balaban J connectivity index is 1.77. The second-order valence-corrected chi connectivity index (χ2v) is 7.90. The van der Waals surface area contributed by atoms with Crippen molar-refractivity contribution >= 4 is 0 Å². The molecule has 0 aromatic carbocycles. The van der Waals surface area contributed by atoms with E-state index in [4.69, 9.17) is 9.47 Å². The van der Waals surface area contributed by atoms with Gasteiger partial charge in [-0.2, -0.15) is 0 Å². The molecular formula is C22H38O3. The summed E-state index contributed by atoms with van der Waals surface area (Å²) in [7, 11) is 0. The van der Waals surface area contributed by atoms with E-state index in [0.29, 0.717) is 5.92 Å². The molecule has 1 saturated carbocycles. The zero-order valence-electron chi connectivity index (χ0n) is 16.6. The summed E-state index contributed by atoms with van der Waals surface area (Å²) in [5.74, 6) is 1.64. The standard InChI is InChI=1S/C22H38O3/c1-4-6-10-18(3)19-11-13-20(14-12-19)24-17-21(23)25-22(5-2)15-8-7-9-16-22/h11,13,18,21,23H,4-10,12,14-17H2,1-3H3. The van der Waals surface area contributed by atoms with Gasteiger partial charge in [-0.25, -0.2) is 0 Å². The van der Waals surface area contributed by atoms with Crippen molar-refractivity contribution in [3.05, 3.63) is 23.5 Å². The molecule has 0 saturated heterocycles. The van der Waals surface area contributed by atoms with Crippen LogP contribution in [0, 0.1) is 5.92 Å². The smallest absolute Gasteiger partial charge is 0.189 e. The monoisotopic (exact) mass is 350 g/mol. The summed E-state index contributed by atoms with van der Waals surface area (Å²) in [6.07, 6.45) is 16.1. The molecule has 0 aromatic rings. The summed E-state index contributed by atoms with van der Waals surface area (Å²) in [4.78, 5) is 0. The average molecular weight is 351 g/mol. The molecule has 0 aromatic heterocycles. The Hall–Kier alpha value is -0.800. The van der Waals surface area contributed by atoms with Gasteiger partial charge >= 0.3 is 0 Å². The van der Waals surface area contributed by atoms with Crippen LogP contribution in [0.3, 0.4) is 0 Å². The van der Waals surface area contributed by atoms with Crippen LogP contribution in [-0.4, -0.2) is 23.6 Å². The average Bonchev–Trinajstić information content (AvgIpc) is 2.65. The highest BCUT2D eigenvalue weighted by atomic mass is 16.6. The summed E-state index contributed by atoms with van der Waals surface area (Å²) in [5, 5.41) is 10.3. The first kappa shape index (κ1) is 20.5. The van der Waals surface area contributed by atoms with Gasteiger partial charge in [0.1, 0.15) is 6.61 Å². The molecule has 3 nitrogen and oxygen atoms in total. The van der Waals surface area contributed by atoms with Gasteiger partial charge in [0.15, 0.2) is 6.29 Å². The highest BCUT2D eigenvalue weighted by Crippen LogP contribution is 2.35. The Kier molecular flexibility index (Phi) is 8.51. The molecule has 25 heavy (non-hydrogen) atoms. The second kappa shape index (κ2) is 10.4. The second-order valence-electron chi connectivity index (χ2n) is 7.90. The predicted molar refractivity (Wildman–Crippen MR) is 103 cm³/mol. The number of ether oxygens (including phenoxy) is 2. The van der Waals surface area contributed by atoms with Crippen molar-refractivity contribution < 1.29 is 14.6 Å². The third-order valence-electron chi connectivity index (χ3n) is 5.97. The summed E-state index contributed by atoms with van der Waals surface area (Å²) in [6, 6.07) is 0. The quantitative estimate of drug-likeness (QED) is 0.500. The van der Waals surface area contributed by atoms with Crippen LogP contribution in [0.15, 0.2) is 23.5 Å². The molecule has 0 heterocycles. The Morgan fingerprint density at radius 1 is 1.12 bits per heavy atom. The van der Waals surface area contributed by atoms with Crippen LogP contribution in [0.1, 0.15) is 91.4 Å². The molecule has 2 aliphatic carbocycles. The van der Waals surface area contributed by atoms with Crippen molar-refractivity contribution in [2.75, 3.05) is 6.61 Å². The van der Waals surface area contributed by atoms with Crippen molar-refractivity contribution in [2.24, 2.45) is 5.92 Å². The number of hydrogen-bond donors (Lipinski definition) is 1. The number of allylic oxidation sites excluding steroid dienone is 4. The maximum atomic E-state index is 10.3. The molecule has 2 unspecified atom stereocenters. The molecule has 1 N–H and O–H groups in total. The molecule has 2 aliphatic rings. The molecule has 144 valence electrons. The van der Waals surface area contributed by atoms with E-state index in [2.05, 4.69) is 32.9 Å². The number of hydrogen-bond acceptors (Lipinski definition) is 3. The number of aliphatic hydroxyl groups is 1. The van der Waals surface area contributed by atoms with E-state index in [1.165, 1.54) is 44.1 Å². The van der Waals surface area contributed by atoms with Crippen LogP contribution < -0.4 is 0 Å². The highest BCUT2D eigenvalue weighted by molar-refractivity contribution is 5.22. The van der Waals surface area contributed by atoms with Gasteiger partial charge in [-0.3, -0.25) is 0 Å². The highest BCUT2D eigenvalue weighted by Gasteiger charge is 2.33. The van der Waals surface area contributed by atoms with Crippen LogP contribution in [-0.2, 0) is 9.47 Å². The summed E-state index contributed by atoms with van der Waals surface area (Å²) in [6.45, 7) is 6.97. The van der Waals surface area contributed by atoms with Crippen LogP contribution >= 0.6 is 0 Å². The van der Waals surface area contributed by atoms with Gasteiger partial charge in [0.05, 0.1) is 11.4 Å². The van der Waals surface area contributed by atoms with Gasteiger partial charge in [-0.1, -0.05) is 64.5 Å². The Morgan fingerprint density at radius 3 is 2.48 bits per heavy atom. The molecule has 2 rings (SSSR count). The van der Waals surface area contributed by atoms with Crippen molar-refractivity contribution in [1.82, 2.24) is 0 Å². The van der Waals surface area contributed by atoms with Crippen LogP contribution in [0.5, 0.6) is 0 Å². The minimum absolute atomic E-state index is 0.135. The minimum atomic E-state index is -0.826. The van der Waals surface area contributed by atoms with E-state index < -0.39 is 6.29 Å². The zero-order chi connectivity index (χ0) is 18.1. The van der Waals surface area contributed by atoms with Gasteiger partial charge in [0.2, 0.25) is 0 Å². The summed E-state index contributed by atoms with van der Waals surface area (Å²) in [5.41, 5.74) is 1.40. The Morgan fingerprint density at radius 2 is 1.88 bits per heavy atom. The van der Waals surface area contributed by atoms with Gasteiger partial charge in [-0.05, 0) is 44.1 Å². The first-order valence-electron chi connectivity index (χ1n) is 10.5. The van der Waals surface area contributed by atoms with Crippen LogP contribution in [0.2, 0.25) is 0 Å². The third-order valence-corrected chi connectivity index (χ3v) is 5.97. The lowest BCUT2D eigenvalue weighted by Crippen LogP contribution is -2.39. The SMILES string of the molecule is CCCCC(C)C1=CC=C(OCC(O)OC2(CC)CCCCC2)CC1. The van der Waals surface area contributed by atoms with Gasteiger partial charge in [-0.15, -0.1) is 0 Å². The molecule has 0 bridgehead atoms. The lowest BCUT2D eigenvalue weighted by Gasteiger charge is -2.38. The first-order chi connectivity index (χ1) is 12.1. The minimum Gasteiger partial charge on any atom is -0.493 e. The van der Waals surface area contributed by atoms with E-state index in [1.807, 2.05) is 0 Å². The predicted octanol–water partition coefficient (Wildman–Crippen LogP) is 5.88. The van der Waals surface area contributed by atoms with Crippen LogP contribution in [0.25, 0.3) is 0 Å². The maximum absolute atomic E-state index is 10.3. The van der Waals surface area contributed by atoms with E-state index in [1.54, 1.807) is 0 Å². The van der Waals surface area contributed by atoms with E-state index in [-0.39, 0.29) is 12.2 Å². The van der Waals surface area contributed by atoms with Crippen molar-refractivity contribution in [3.8, 4) is 0 Å². The number of aliphatic hydroxyl groups excluding tert-OH is 1. The molecule has 3 heteroatoms. The Bertz CT molecular complexity index is 446. The lowest BCUT2D eigenvalue weighted by atomic mass is 9.83. The normalized spacial score (nSPS) is 22.7. The summed E-state index contributed by atoms with van der Waals surface area (Å²) < 4.78 is 11.8. The Labute approximate surface area is 154 Å². The lowest BCUT2D eigenvalue weighted by molar-refractivity contribution is -0.213. The third kappa shape index (κ3) is 6.45. The zero-order valence-corrected chi connectivity index (χ0v) is 16.6. The topological polar surface area (TPSA) is 38.7 Å². The number of unbranched alkanes of at least 4 members (excludes halogenated alkanes) is 1. The molecule has 1 fully saturated rings. The van der Waals surface area contributed by atoms with Crippen LogP contribution in [0.4, 0.5) is 0 Å². The number of rotatable bonds is 10. The molecule has 0 aliphatic heterocycles. The molecule has 2 atom stereocenters. The maximum Gasteiger partial charge on any atom is 0.189 e. The van der Waals surface area contributed by atoms with E-state index in [0.717, 1.165) is 37.9 Å². The van der Waals surface area contributed by atoms with Crippen molar-refractivity contribution in [1.29, 1.82) is 0 Å². The fourth-order valence-electron chi connectivity index (χ4n) is 4.11. The van der Waals surface area contributed by atoms with Gasteiger partial charge in [0, 0.05) is 6.42 Å². The fourth-order valence-corrected chi connectivity index (χ4v) is 4.11. The summed E-state index contributed by atoms with van der Waals surface area (Å²) >= 11 is 0. The molecule has 0 amide bonds. The molecular weight excluding hydrogens is 312 g/mol. The van der Waals surface area contributed by atoms with E-state index >= 15 is 0 Å². The van der Waals surface area contributed by atoms with Crippen molar-refractivity contribution in [2.45, 2.75) is 103 Å². The van der Waals surface area contributed by atoms with Gasteiger partial charge in [0.25, 0.3) is 0 Å². The molecule has 0 radical (unpaired) electrons. The van der Waals surface area contributed by atoms with Crippen molar-refractivity contribution in [3.63, 3.8) is 0 Å².